The number of carbonyl (C=O) groups is 4. The summed E-state index contributed by atoms with van der Waals surface area (Å²) in [4.78, 5) is 48.4. The van der Waals surface area contributed by atoms with Gasteiger partial charge in [-0.15, -0.1) is 0 Å². The lowest BCUT2D eigenvalue weighted by molar-refractivity contribution is -0.143. The first kappa shape index (κ1) is 41.3. The maximum atomic E-state index is 12.2. The van der Waals surface area contributed by atoms with E-state index in [0.717, 1.165) is 77.0 Å². The Bertz CT molecular complexity index is 835. The van der Waals surface area contributed by atoms with Crippen LogP contribution in [0.15, 0.2) is 23.3 Å². The number of carbonyl (C=O) groups excluding carboxylic acids is 4. The fourth-order valence-electron chi connectivity index (χ4n) is 4.46. The van der Waals surface area contributed by atoms with Crippen LogP contribution in [0.5, 0.6) is 0 Å². The van der Waals surface area contributed by atoms with Crippen molar-refractivity contribution in [2.24, 2.45) is 5.73 Å². The van der Waals surface area contributed by atoms with Crippen molar-refractivity contribution < 1.29 is 28.7 Å². The predicted molar refractivity (Wildman–Crippen MR) is 178 cm³/mol. The van der Waals surface area contributed by atoms with Crippen LogP contribution in [0.25, 0.3) is 0 Å². The van der Waals surface area contributed by atoms with E-state index in [0.29, 0.717) is 39.1 Å². The Morgan fingerprint density at radius 1 is 0.591 bits per heavy atom. The molecule has 0 fully saturated rings. The van der Waals surface area contributed by atoms with Gasteiger partial charge in [0.1, 0.15) is 13.2 Å². The van der Waals surface area contributed by atoms with Crippen LogP contribution in [-0.2, 0) is 28.7 Å². The Balaban J connectivity index is 4.04. The summed E-state index contributed by atoms with van der Waals surface area (Å²) in [6.07, 6.45) is 19.1. The van der Waals surface area contributed by atoms with Crippen LogP contribution in [0.4, 0.5) is 0 Å². The molecule has 9 nitrogen and oxygen atoms in total. The monoisotopic (exact) mass is 621 g/mol. The zero-order valence-electron chi connectivity index (χ0n) is 28.3. The van der Waals surface area contributed by atoms with Gasteiger partial charge in [0.25, 0.3) is 0 Å². The number of hydrogen-bond acceptors (Lipinski definition) is 7. The zero-order chi connectivity index (χ0) is 32.8. The molecule has 0 rings (SSSR count). The average molecular weight is 622 g/mol. The second-order valence-electron chi connectivity index (χ2n) is 11.5. The number of nitrogens with two attached hydrogens (primary N) is 1. The second-order valence-corrected chi connectivity index (χ2v) is 11.5. The number of nitrogens with one attached hydrogen (secondary N) is 2. The number of hydrogen-bond donors (Lipinski definition) is 3. The third-order valence-electron chi connectivity index (χ3n) is 7.39. The van der Waals surface area contributed by atoms with Gasteiger partial charge in [0.15, 0.2) is 0 Å². The highest BCUT2D eigenvalue weighted by molar-refractivity contribution is 5.83. The van der Waals surface area contributed by atoms with Gasteiger partial charge in [-0.25, -0.2) is 0 Å². The summed E-state index contributed by atoms with van der Waals surface area (Å²) < 4.78 is 10.7. The lowest BCUT2D eigenvalue weighted by Gasteiger charge is -2.12. The molecule has 4 N–H and O–H groups in total. The van der Waals surface area contributed by atoms with Gasteiger partial charge in [-0.3, -0.25) is 19.2 Å². The van der Waals surface area contributed by atoms with E-state index in [1.165, 1.54) is 11.1 Å². The van der Waals surface area contributed by atoms with Crippen LogP contribution in [0.1, 0.15) is 143 Å². The van der Waals surface area contributed by atoms with Gasteiger partial charge in [0.05, 0.1) is 6.04 Å². The molecule has 9 heteroatoms. The molecule has 0 aliphatic heterocycles. The lowest BCUT2D eigenvalue weighted by Crippen LogP contribution is -2.41. The minimum Gasteiger partial charge on any atom is -0.461 e. The summed E-state index contributed by atoms with van der Waals surface area (Å²) in [5.41, 5.74) is 8.65. The van der Waals surface area contributed by atoms with Gasteiger partial charge in [-0.2, -0.15) is 0 Å². The van der Waals surface area contributed by atoms with E-state index < -0.39 is 6.04 Å². The highest BCUT2D eigenvalue weighted by Gasteiger charge is 2.15. The van der Waals surface area contributed by atoms with Crippen molar-refractivity contribution in [2.75, 3.05) is 26.3 Å². The molecule has 0 aromatic carbocycles. The molecule has 0 saturated heterocycles. The normalized spacial score (nSPS) is 11.3. The van der Waals surface area contributed by atoms with Crippen molar-refractivity contribution in [1.29, 1.82) is 0 Å². The molecular weight excluding hydrogens is 558 g/mol. The highest BCUT2D eigenvalue weighted by Crippen LogP contribution is 2.16. The van der Waals surface area contributed by atoms with Gasteiger partial charge >= 0.3 is 11.9 Å². The first-order chi connectivity index (χ1) is 21.3. The summed E-state index contributed by atoms with van der Waals surface area (Å²) in [7, 11) is 0. The molecule has 44 heavy (non-hydrogen) atoms. The average Bonchev–Trinajstić information content (AvgIpc) is 3.02. The Morgan fingerprint density at radius 3 is 1.41 bits per heavy atom. The molecule has 0 saturated carbocycles. The smallest absolute Gasteiger partial charge is 0.306 e. The summed E-state index contributed by atoms with van der Waals surface area (Å²) in [6, 6.07) is -0.815. The molecule has 2 amide bonds. The number of allylic oxidation sites excluding steroid dienone is 2. The summed E-state index contributed by atoms with van der Waals surface area (Å²) >= 11 is 0. The molecule has 0 aromatic heterocycles. The van der Waals surface area contributed by atoms with Crippen molar-refractivity contribution in [3.63, 3.8) is 0 Å². The van der Waals surface area contributed by atoms with Crippen LogP contribution < -0.4 is 16.4 Å². The first-order valence-electron chi connectivity index (χ1n) is 17.2. The number of ether oxygens (including phenoxy) is 2. The fraction of sp³-hybridized carbons (Fsp3) is 0.771. The van der Waals surface area contributed by atoms with Gasteiger partial charge in [-0.05, 0) is 82.8 Å². The van der Waals surface area contributed by atoms with Crippen molar-refractivity contribution in [2.45, 2.75) is 149 Å². The third-order valence-corrected chi connectivity index (χ3v) is 7.39. The minimum absolute atomic E-state index is 0.112. The molecule has 0 aromatic rings. The van der Waals surface area contributed by atoms with Crippen molar-refractivity contribution in [3.8, 4) is 0 Å². The van der Waals surface area contributed by atoms with Crippen LogP contribution in [0.2, 0.25) is 0 Å². The molecule has 0 aliphatic carbocycles. The highest BCUT2D eigenvalue weighted by atomic mass is 16.5. The molecule has 0 spiro atoms. The summed E-state index contributed by atoms with van der Waals surface area (Å²) in [6.45, 7) is 9.94. The van der Waals surface area contributed by atoms with Gasteiger partial charge < -0.3 is 25.8 Å². The molecule has 0 heterocycles. The van der Waals surface area contributed by atoms with Crippen LogP contribution in [0, 0.1) is 0 Å². The second kappa shape index (κ2) is 29.1. The number of rotatable bonds is 28. The van der Waals surface area contributed by atoms with Crippen molar-refractivity contribution in [1.82, 2.24) is 10.6 Å². The molecule has 254 valence electrons. The topological polar surface area (TPSA) is 137 Å². The van der Waals surface area contributed by atoms with Crippen molar-refractivity contribution >= 4 is 23.8 Å². The Hall–Kier alpha value is -2.68. The van der Waals surface area contributed by atoms with Gasteiger partial charge in [0, 0.05) is 32.4 Å². The summed E-state index contributed by atoms with van der Waals surface area (Å²) in [5, 5.41) is 5.48. The standard InChI is InChI=1S/C35H63N3O6/c1-5-9-15-29(16-10-6-2)23-27-43-33(40)19-13-25-37-32(39)22-21-31(36)35(42)38-26-14-20-34(41)44-28-24-30(17-11-7-3)18-12-8-4/h23-24,31H,5-22,25-28,36H2,1-4H3,(H,37,39)(H,38,42). The Labute approximate surface area is 267 Å². The molecule has 0 aliphatic rings. The number of amides is 2. The maximum Gasteiger partial charge on any atom is 0.306 e. The van der Waals surface area contributed by atoms with Gasteiger partial charge in [0.2, 0.25) is 11.8 Å². The van der Waals surface area contributed by atoms with E-state index in [2.05, 4.69) is 38.3 Å². The van der Waals surface area contributed by atoms with Gasteiger partial charge in [-0.1, -0.05) is 64.5 Å². The van der Waals surface area contributed by atoms with Crippen LogP contribution in [0.3, 0.4) is 0 Å². The first-order valence-corrected chi connectivity index (χ1v) is 17.2. The molecule has 1 unspecified atom stereocenters. The molecule has 1 atom stereocenters. The quantitative estimate of drug-likeness (QED) is 0.0509. The van der Waals surface area contributed by atoms with Crippen molar-refractivity contribution in [3.05, 3.63) is 23.3 Å². The minimum atomic E-state index is -0.815. The van der Waals surface area contributed by atoms with E-state index in [1.54, 1.807) is 0 Å². The van der Waals surface area contributed by atoms with E-state index >= 15 is 0 Å². The van der Waals surface area contributed by atoms with E-state index in [1.807, 2.05) is 12.2 Å². The summed E-state index contributed by atoms with van der Waals surface area (Å²) in [5.74, 6) is -1.13. The number of esters is 2. The Morgan fingerprint density at radius 2 is 1.00 bits per heavy atom. The predicted octanol–water partition coefficient (Wildman–Crippen LogP) is 6.59. The SMILES string of the molecule is CCCCC(=CCOC(=O)CCCNC(=O)CCC(N)C(=O)NCCCC(=O)OCC=C(CCCC)CCCC)CCCC. The van der Waals surface area contributed by atoms with E-state index in [4.69, 9.17) is 15.2 Å². The third kappa shape index (κ3) is 24.7. The Kier molecular flexibility index (Phi) is 27.3. The van der Waals surface area contributed by atoms with Crippen LogP contribution >= 0.6 is 0 Å². The zero-order valence-corrected chi connectivity index (χ0v) is 28.3. The molecular formula is C35H63N3O6. The van der Waals surface area contributed by atoms with E-state index in [9.17, 15) is 19.2 Å². The lowest BCUT2D eigenvalue weighted by atomic mass is 10.0. The fourth-order valence-corrected chi connectivity index (χ4v) is 4.46. The maximum absolute atomic E-state index is 12.2. The largest absolute Gasteiger partial charge is 0.461 e. The molecule has 0 radical (unpaired) electrons. The molecule has 0 bridgehead atoms. The van der Waals surface area contributed by atoms with E-state index in [-0.39, 0.29) is 49.4 Å². The van der Waals surface area contributed by atoms with Crippen LogP contribution in [-0.4, -0.2) is 56.1 Å². The number of unbranched alkanes of at least 4 members (excludes halogenated alkanes) is 4.